The van der Waals surface area contributed by atoms with Crippen molar-refractivity contribution in [3.05, 3.63) is 76.6 Å². The minimum absolute atomic E-state index is 0. The van der Waals surface area contributed by atoms with Crippen LogP contribution in [0.5, 0.6) is 0 Å². The summed E-state index contributed by atoms with van der Waals surface area (Å²) >= 11 is 5.88. The summed E-state index contributed by atoms with van der Waals surface area (Å²) < 4.78 is 5.46. The van der Waals surface area contributed by atoms with Crippen molar-refractivity contribution in [2.75, 3.05) is 6.54 Å². The van der Waals surface area contributed by atoms with Gasteiger partial charge in [0.05, 0.1) is 12.1 Å². The van der Waals surface area contributed by atoms with Crippen LogP contribution in [0.1, 0.15) is 42.6 Å². The molecular formula is C22H25Cl2N3O2. The molecule has 0 aliphatic rings. The van der Waals surface area contributed by atoms with Gasteiger partial charge in [-0.2, -0.15) is 0 Å². The number of rotatable bonds is 7. The molecule has 3 N–H and O–H groups in total. The van der Waals surface area contributed by atoms with Crippen LogP contribution in [0, 0.1) is 0 Å². The molecule has 29 heavy (non-hydrogen) atoms. The van der Waals surface area contributed by atoms with E-state index in [-0.39, 0.29) is 30.8 Å². The molecule has 1 aromatic heterocycles. The number of hydrogen-bond acceptors (Lipinski definition) is 4. The van der Waals surface area contributed by atoms with Gasteiger partial charge in [0.1, 0.15) is 6.26 Å². The second-order valence-corrected chi connectivity index (χ2v) is 7.50. The van der Waals surface area contributed by atoms with Crippen molar-refractivity contribution in [1.29, 1.82) is 0 Å². The van der Waals surface area contributed by atoms with Crippen LogP contribution < -0.4 is 11.1 Å². The normalized spacial score (nSPS) is 11.8. The highest BCUT2D eigenvalue weighted by Gasteiger charge is 2.13. The van der Waals surface area contributed by atoms with Crippen molar-refractivity contribution < 1.29 is 9.21 Å². The molecule has 3 rings (SSSR count). The minimum Gasteiger partial charge on any atom is -0.444 e. The summed E-state index contributed by atoms with van der Waals surface area (Å²) in [5.41, 5.74) is 9.83. The van der Waals surface area contributed by atoms with Crippen molar-refractivity contribution in [3.8, 4) is 11.5 Å². The Morgan fingerprint density at radius 3 is 2.34 bits per heavy atom. The molecule has 0 saturated carbocycles. The molecular weight excluding hydrogens is 409 g/mol. The van der Waals surface area contributed by atoms with Crippen LogP contribution in [0.2, 0.25) is 5.02 Å². The number of benzene rings is 2. The van der Waals surface area contributed by atoms with E-state index in [1.54, 1.807) is 12.1 Å². The molecule has 0 radical (unpaired) electrons. The molecule has 0 aliphatic carbocycles. The van der Waals surface area contributed by atoms with E-state index in [2.05, 4.69) is 36.3 Å². The SMILES string of the molecule is CC(C)c1ccc(C(N)CNC(=O)Cc2coc(-c3ccc(Cl)cc3)n2)cc1.Cl. The lowest BCUT2D eigenvalue weighted by molar-refractivity contribution is -0.120. The summed E-state index contributed by atoms with van der Waals surface area (Å²) in [6.07, 6.45) is 1.63. The van der Waals surface area contributed by atoms with E-state index in [0.29, 0.717) is 29.1 Å². The average Bonchev–Trinajstić information content (AvgIpc) is 3.15. The van der Waals surface area contributed by atoms with Crippen LogP contribution in [-0.2, 0) is 11.2 Å². The van der Waals surface area contributed by atoms with Gasteiger partial charge < -0.3 is 15.5 Å². The smallest absolute Gasteiger partial charge is 0.226 e. The summed E-state index contributed by atoms with van der Waals surface area (Å²) in [6, 6.07) is 15.1. The van der Waals surface area contributed by atoms with Gasteiger partial charge in [0.2, 0.25) is 11.8 Å². The van der Waals surface area contributed by atoms with Crippen LogP contribution in [0.25, 0.3) is 11.5 Å². The highest BCUT2D eigenvalue weighted by Crippen LogP contribution is 2.21. The summed E-state index contributed by atoms with van der Waals surface area (Å²) in [6.45, 7) is 4.66. The van der Waals surface area contributed by atoms with Crippen molar-refractivity contribution >= 4 is 29.9 Å². The fourth-order valence-electron chi connectivity index (χ4n) is 2.81. The van der Waals surface area contributed by atoms with Gasteiger partial charge in [0.15, 0.2) is 0 Å². The van der Waals surface area contributed by atoms with Crippen LogP contribution in [-0.4, -0.2) is 17.4 Å². The van der Waals surface area contributed by atoms with E-state index >= 15 is 0 Å². The lowest BCUT2D eigenvalue weighted by Crippen LogP contribution is -2.32. The molecule has 1 unspecified atom stereocenters. The first-order valence-corrected chi connectivity index (χ1v) is 9.62. The number of nitrogens with zero attached hydrogens (tertiary/aromatic N) is 1. The third-order valence-corrected chi connectivity index (χ3v) is 4.79. The highest BCUT2D eigenvalue weighted by atomic mass is 35.5. The number of oxazole rings is 1. The first-order valence-electron chi connectivity index (χ1n) is 9.25. The number of carbonyl (C=O) groups excluding carboxylic acids is 1. The van der Waals surface area contributed by atoms with Gasteiger partial charge in [-0.3, -0.25) is 4.79 Å². The van der Waals surface area contributed by atoms with E-state index < -0.39 is 0 Å². The van der Waals surface area contributed by atoms with Crippen molar-refractivity contribution in [2.45, 2.75) is 32.2 Å². The van der Waals surface area contributed by atoms with Crippen molar-refractivity contribution in [3.63, 3.8) is 0 Å². The molecule has 5 nitrogen and oxygen atoms in total. The molecule has 1 heterocycles. The molecule has 7 heteroatoms. The third kappa shape index (κ3) is 6.32. The third-order valence-electron chi connectivity index (χ3n) is 4.54. The molecule has 3 aromatic rings. The first-order chi connectivity index (χ1) is 13.4. The summed E-state index contributed by atoms with van der Waals surface area (Å²) in [5.74, 6) is 0.789. The topological polar surface area (TPSA) is 81.1 Å². The number of aromatic nitrogens is 1. The Bertz CT molecular complexity index is 922. The van der Waals surface area contributed by atoms with Gasteiger partial charge in [-0.15, -0.1) is 12.4 Å². The fraction of sp³-hybridized carbons (Fsp3) is 0.273. The van der Waals surface area contributed by atoms with Crippen molar-refractivity contribution in [1.82, 2.24) is 10.3 Å². The Kier molecular flexibility index (Phi) is 8.26. The summed E-state index contributed by atoms with van der Waals surface area (Å²) in [7, 11) is 0. The van der Waals surface area contributed by atoms with Gasteiger partial charge >= 0.3 is 0 Å². The largest absolute Gasteiger partial charge is 0.444 e. The molecule has 0 spiro atoms. The Labute approximate surface area is 182 Å². The Morgan fingerprint density at radius 2 is 1.72 bits per heavy atom. The minimum atomic E-state index is -0.257. The standard InChI is InChI=1S/C22H24ClN3O2.ClH/c1-14(2)15-3-5-16(6-4-15)20(24)12-25-21(27)11-19-13-28-22(26-19)17-7-9-18(23)10-8-17;/h3-10,13-14,20H,11-12,24H2,1-2H3,(H,25,27);1H. The number of carbonyl (C=O) groups is 1. The molecule has 0 fully saturated rings. The number of nitrogens with one attached hydrogen (secondary N) is 1. The second-order valence-electron chi connectivity index (χ2n) is 7.06. The molecule has 0 aliphatic heterocycles. The van der Waals surface area contributed by atoms with Crippen LogP contribution in [0.3, 0.4) is 0 Å². The van der Waals surface area contributed by atoms with Crippen molar-refractivity contribution in [2.24, 2.45) is 5.73 Å². The average molecular weight is 434 g/mol. The monoisotopic (exact) mass is 433 g/mol. The number of amides is 1. The van der Waals surface area contributed by atoms with Gasteiger partial charge in [0, 0.05) is 23.2 Å². The molecule has 2 aromatic carbocycles. The zero-order valence-corrected chi connectivity index (χ0v) is 18.0. The Morgan fingerprint density at radius 1 is 1.10 bits per heavy atom. The van der Waals surface area contributed by atoms with Gasteiger partial charge in [-0.1, -0.05) is 49.7 Å². The van der Waals surface area contributed by atoms with E-state index in [0.717, 1.165) is 11.1 Å². The van der Waals surface area contributed by atoms with Gasteiger partial charge in [-0.05, 0) is 41.3 Å². The predicted molar refractivity (Wildman–Crippen MR) is 118 cm³/mol. The second kappa shape index (κ2) is 10.4. The summed E-state index contributed by atoms with van der Waals surface area (Å²) in [5, 5.41) is 3.50. The maximum absolute atomic E-state index is 12.2. The Hall–Kier alpha value is -2.34. The van der Waals surface area contributed by atoms with E-state index in [4.69, 9.17) is 21.8 Å². The summed E-state index contributed by atoms with van der Waals surface area (Å²) in [4.78, 5) is 16.6. The van der Waals surface area contributed by atoms with E-state index in [9.17, 15) is 4.79 Å². The highest BCUT2D eigenvalue weighted by molar-refractivity contribution is 6.30. The zero-order valence-electron chi connectivity index (χ0n) is 16.4. The first kappa shape index (κ1) is 22.9. The van der Waals surface area contributed by atoms with Crippen LogP contribution >= 0.6 is 24.0 Å². The molecule has 154 valence electrons. The molecule has 1 atom stereocenters. The van der Waals surface area contributed by atoms with E-state index in [1.165, 1.54) is 11.8 Å². The molecule has 1 amide bonds. The number of nitrogens with two attached hydrogens (primary N) is 1. The lowest BCUT2D eigenvalue weighted by atomic mass is 9.99. The van der Waals surface area contributed by atoms with Gasteiger partial charge in [-0.25, -0.2) is 4.98 Å². The quantitative estimate of drug-likeness (QED) is 0.554. The maximum Gasteiger partial charge on any atom is 0.226 e. The van der Waals surface area contributed by atoms with Crippen LogP contribution in [0.15, 0.2) is 59.2 Å². The fourth-order valence-corrected chi connectivity index (χ4v) is 2.94. The molecule has 0 saturated heterocycles. The van der Waals surface area contributed by atoms with Crippen LogP contribution in [0.4, 0.5) is 0 Å². The van der Waals surface area contributed by atoms with Gasteiger partial charge in [0.25, 0.3) is 0 Å². The molecule has 0 bridgehead atoms. The Balaban J connectivity index is 0.00000300. The van der Waals surface area contributed by atoms with E-state index in [1.807, 2.05) is 24.3 Å². The predicted octanol–water partition coefficient (Wildman–Crippen LogP) is 4.90. The lowest BCUT2D eigenvalue weighted by Gasteiger charge is -2.14. The number of hydrogen-bond donors (Lipinski definition) is 2. The zero-order chi connectivity index (χ0) is 20.1. The maximum atomic E-state index is 12.2. The number of halogens is 2.